The topological polar surface area (TPSA) is 38.3 Å². The first kappa shape index (κ1) is 8.99. The fourth-order valence-electron chi connectivity index (χ4n) is 1.33. The molecule has 2 rings (SSSR count). The highest BCUT2D eigenvalue weighted by molar-refractivity contribution is 6.37. The van der Waals surface area contributed by atoms with Crippen molar-refractivity contribution in [1.29, 1.82) is 0 Å². The SMILES string of the molecule is Bc1cc(F)c(F)c2c1NC(=O)CO2. The van der Waals surface area contributed by atoms with Gasteiger partial charge >= 0.3 is 0 Å². The van der Waals surface area contributed by atoms with Crippen molar-refractivity contribution in [2.24, 2.45) is 0 Å². The van der Waals surface area contributed by atoms with Crippen molar-refractivity contribution < 1.29 is 18.3 Å². The standard InChI is InChI=1S/C8H6BF2NO2/c9-3-1-4(10)6(11)8-7(3)12-5(13)2-14-8/h1H,2,9H2,(H,12,13). The number of nitrogens with one attached hydrogen (secondary N) is 1. The summed E-state index contributed by atoms with van der Waals surface area (Å²) in [7, 11) is 1.57. The summed E-state index contributed by atoms with van der Waals surface area (Å²) < 4.78 is 30.8. The number of rotatable bonds is 0. The quantitative estimate of drug-likeness (QED) is 0.572. The molecule has 1 N–H and O–H groups in total. The molecule has 0 aliphatic carbocycles. The van der Waals surface area contributed by atoms with Gasteiger partial charge in [0.25, 0.3) is 5.91 Å². The van der Waals surface area contributed by atoms with E-state index in [9.17, 15) is 13.6 Å². The zero-order valence-corrected chi connectivity index (χ0v) is 7.36. The molecular weight excluding hydrogens is 191 g/mol. The van der Waals surface area contributed by atoms with E-state index >= 15 is 0 Å². The molecule has 14 heavy (non-hydrogen) atoms. The second-order valence-corrected chi connectivity index (χ2v) is 3.03. The van der Waals surface area contributed by atoms with E-state index in [1.54, 1.807) is 7.85 Å². The maximum atomic E-state index is 13.1. The van der Waals surface area contributed by atoms with E-state index in [1.165, 1.54) is 0 Å². The van der Waals surface area contributed by atoms with Gasteiger partial charge in [-0.2, -0.15) is 4.39 Å². The van der Waals surface area contributed by atoms with Crippen molar-refractivity contribution in [3.05, 3.63) is 17.7 Å². The number of carbonyl (C=O) groups excluding carboxylic acids is 1. The van der Waals surface area contributed by atoms with Gasteiger partial charge in [0.1, 0.15) is 7.85 Å². The van der Waals surface area contributed by atoms with Gasteiger partial charge < -0.3 is 10.1 Å². The third-order valence-corrected chi connectivity index (χ3v) is 1.99. The Morgan fingerprint density at radius 3 is 2.93 bits per heavy atom. The van der Waals surface area contributed by atoms with Crippen molar-refractivity contribution in [3.8, 4) is 5.75 Å². The van der Waals surface area contributed by atoms with Crippen LogP contribution in [0.5, 0.6) is 5.75 Å². The van der Waals surface area contributed by atoms with Crippen LogP contribution in [-0.2, 0) is 4.79 Å². The van der Waals surface area contributed by atoms with Crippen LogP contribution in [0.3, 0.4) is 0 Å². The molecule has 0 spiro atoms. The largest absolute Gasteiger partial charge is 0.478 e. The Labute approximate surface area is 79.5 Å². The van der Waals surface area contributed by atoms with Gasteiger partial charge in [0.2, 0.25) is 5.82 Å². The molecule has 0 saturated carbocycles. The van der Waals surface area contributed by atoms with Gasteiger partial charge in [-0.15, -0.1) is 0 Å². The minimum Gasteiger partial charge on any atom is -0.478 e. The lowest BCUT2D eigenvalue weighted by Crippen LogP contribution is -2.30. The van der Waals surface area contributed by atoms with Crippen molar-refractivity contribution in [3.63, 3.8) is 0 Å². The van der Waals surface area contributed by atoms with Crippen LogP contribution in [0.15, 0.2) is 6.07 Å². The highest BCUT2D eigenvalue weighted by Crippen LogP contribution is 2.29. The summed E-state index contributed by atoms with van der Waals surface area (Å²) in [4.78, 5) is 10.9. The van der Waals surface area contributed by atoms with E-state index < -0.39 is 11.6 Å². The number of anilines is 1. The van der Waals surface area contributed by atoms with Gasteiger partial charge in [0.15, 0.2) is 18.2 Å². The molecule has 0 atom stereocenters. The molecule has 1 aliphatic rings. The number of benzene rings is 1. The van der Waals surface area contributed by atoms with Crippen molar-refractivity contribution in [1.82, 2.24) is 0 Å². The molecule has 0 radical (unpaired) electrons. The summed E-state index contributed by atoms with van der Waals surface area (Å²) in [5.74, 6) is -2.63. The summed E-state index contributed by atoms with van der Waals surface area (Å²) in [6.45, 7) is -0.285. The van der Waals surface area contributed by atoms with E-state index in [-0.39, 0.29) is 24.0 Å². The minimum atomic E-state index is -1.06. The number of halogens is 2. The van der Waals surface area contributed by atoms with Crippen LogP contribution < -0.4 is 15.5 Å². The molecule has 0 unspecified atom stereocenters. The predicted octanol–water partition coefficient (Wildman–Crippen LogP) is -0.446. The highest BCUT2D eigenvalue weighted by Gasteiger charge is 2.23. The van der Waals surface area contributed by atoms with Crippen molar-refractivity contribution in [2.75, 3.05) is 11.9 Å². The summed E-state index contributed by atoms with van der Waals surface area (Å²) in [6, 6.07) is 1.02. The zero-order valence-electron chi connectivity index (χ0n) is 7.36. The maximum absolute atomic E-state index is 13.1. The summed E-state index contributed by atoms with van der Waals surface area (Å²) >= 11 is 0. The molecule has 3 nitrogen and oxygen atoms in total. The van der Waals surface area contributed by atoms with E-state index in [1.807, 2.05) is 0 Å². The summed E-state index contributed by atoms with van der Waals surface area (Å²) in [6.07, 6.45) is 0. The summed E-state index contributed by atoms with van der Waals surface area (Å²) in [5.41, 5.74) is 0.645. The van der Waals surface area contributed by atoms with Crippen molar-refractivity contribution in [2.45, 2.75) is 0 Å². The van der Waals surface area contributed by atoms with Crippen molar-refractivity contribution >= 4 is 24.9 Å². The number of hydrogen-bond donors (Lipinski definition) is 1. The van der Waals surface area contributed by atoms with Gasteiger partial charge in [0, 0.05) is 0 Å². The van der Waals surface area contributed by atoms with E-state index in [0.717, 1.165) is 6.07 Å². The number of ether oxygens (including phenoxy) is 1. The van der Waals surface area contributed by atoms with Gasteiger partial charge in [-0.3, -0.25) is 4.79 Å². The second-order valence-electron chi connectivity index (χ2n) is 3.03. The van der Waals surface area contributed by atoms with Gasteiger partial charge in [-0.1, -0.05) is 5.46 Å². The monoisotopic (exact) mass is 197 g/mol. The van der Waals surface area contributed by atoms with Crippen LogP contribution in [0.1, 0.15) is 0 Å². The molecule has 1 aromatic carbocycles. The molecule has 0 saturated heterocycles. The number of carbonyl (C=O) groups is 1. The Morgan fingerprint density at radius 2 is 2.21 bits per heavy atom. The van der Waals surface area contributed by atoms with Gasteiger partial charge in [0.05, 0.1) is 5.69 Å². The van der Waals surface area contributed by atoms with E-state index in [4.69, 9.17) is 4.74 Å². The normalized spacial score (nSPS) is 14.3. The smallest absolute Gasteiger partial charge is 0.262 e. The molecule has 0 fully saturated rings. The molecule has 72 valence electrons. The van der Waals surface area contributed by atoms with Gasteiger partial charge in [-0.05, 0) is 6.07 Å². The molecule has 1 heterocycles. The molecule has 0 aromatic heterocycles. The first-order valence-electron chi connectivity index (χ1n) is 4.01. The van der Waals surface area contributed by atoms with Crippen LogP contribution in [0.2, 0.25) is 0 Å². The Hall–Kier alpha value is -1.59. The summed E-state index contributed by atoms with van der Waals surface area (Å²) in [5, 5.41) is 2.43. The average molecular weight is 197 g/mol. The Kier molecular flexibility index (Phi) is 1.91. The lowest BCUT2D eigenvalue weighted by Gasteiger charge is -2.20. The van der Waals surface area contributed by atoms with Crippen LogP contribution in [0.4, 0.5) is 14.5 Å². The van der Waals surface area contributed by atoms with Crippen LogP contribution in [0.25, 0.3) is 0 Å². The molecular formula is C8H6BF2NO2. The molecule has 0 bridgehead atoms. The van der Waals surface area contributed by atoms with E-state index in [0.29, 0.717) is 5.46 Å². The fraction of sp³-hybridized carbons (Fsp3) is 0.125. The molecule has 6 heteroatoms. The van der Waals surface area contributed by atoms with Crippen LogP contribution in [0, 0.1) is 11.6 Å². The Bertz CT molecular complexity index is 422. The second kappa shape index (κ2) is 2.97. The first-order chi connectivity index (χ1) is 6.59. The third kappa shape index (κ3) is 1.23. The third-order valence-electron chi connectivity index (χ3n) is 1.99. The number of fused-ring (bicyclic) bond motifs is 1. The number of hydrogen-bond acceptors (Lipinski definition) is 2. The first-order valence-corrected chi connectivity index (χ1v) is 4.01. The Balaban J connectivity index is 2.62. The van der Waals surface area contributed by atoms with E-state index in [2.05, 4.69) is 5.32 Å². The predicted molar refractivity (Wildman–Crippen MR) is 48.7 cm³/mol. The molecule has 1 aliphatic heterocycles. The molecule has 1 aromatic rings. The average Bonchev–Trinajstić information content (AvgIpc) is 2.14. The molecule has 1 amide bonds. The zero-order chi connectivity index (χ0) is 10.3. The van der Waals surface area contributed by atoms with Crippen LogP contribution >= 0.6 is 0 Å². The number of amides is 1. The Morgan fingerprint density at radius 1 is 1.50 bits per heavy atom. The van der Waals surface area contributed by atoms with Crippen LogP contribution in [-0.4, -0.2) is 20.4 Å². The highest BCUT2D eigenvalue weighted by atomic mass is 19.2. The lowest BCUT2D eigenvalue weighted by atomic mass is 9.92. The maximum Gasteiger partial charge on any atom is 0.262 e. The lowest BCUT2D eigenvalue weighted by molar-refractivity contribution is -0.118. The fourth-order valence-corrected chi connectivity index (χ4v) is 1.33. The van der Waals surface area contributed by atoms with Gasteiger partial charge in [-0.25, -0.2) is 4.39 Å². The minimum absolute atomic E-state index is 0.208.